The van der Waals surface area contributed by atoms with Crippen molar-refractivity contribution in [3.8, 4) is 28.7 Å². The number of amides is 1. The number of phenolic OH excluding ortho intramolecular Hbond substituents is 1. The number of nitrogens with zero attached hydrogens (tertiary/aromatic N) is 2. The quantitative estimate of drug-likeness (QED) is 0.170. The lowest BCUT2D eigenvalue weighted by molar-refractivity contribution is -0.135. The second-order valence-electron chi connectivity index (χ2n) is 10.1. The van der Waals surface area contributed by atoms with Crippen molar-refractivity contribution in [3.05, 3.63) is 82.9 Å². The first-order valence-electron chi connectivity index (χ1n) is 14.2. The van der Waals surface area contributed by atoms with Crippen molar-refractivity contribution in [3.63, 3.8) is 0 Å². The molecule has 0 spiro atoms. The number of methoxy groups -OCH3 is 3. The Hall–Kier alpha value is -4.80. The highest BCUT2D eigenvalue weighted by Gasteiger charge is 2.21. The van der Waals surface area contributed by atoms with E-state index in [9.17, 15) is 14.7 Å². The lowest BCUT2D eigenvalue weighted by Gasteiger charge is -2.34. The number of aliphatic hydroxyl groups excluding tert-OH is 1. The maximum Gasteiger partial charge on any atom is 0.260 e. The number of β-amino-alcohol motifs (C(OH)–C–C–N with tert-alkyl or cyclic N) is 1. The number of allylic oxidation sites excluding steroid dienone is 1. The minimum atomic E-state index is -0.396. The maximum atomic E-state index is 12.9. The van der Waals surface area contributed by atoms with E-state index in [1.54, 1.807) is 42.4 Å². The van der Waals surface area contributed by atoms with Gasteiger partial charge in [-0.2, -0.15) is 0 Å². The number of phenols is 1. The number of benzene rings is 3. The molecule has 4 rings (SSSR count). The molecule has 1 fully saturated rings. The molecule has 0 aromatic heterocycles. The van der Waals surface area contributed by atoms with Crippen LogP contribution in [0, 0.1) is 0 Å². The largest absolute Gasteiger partial charge is 0.507 e. The van der Waals surface area contributed by atoms with Crippen molar-refractivity contribution < 1.29 is 38.7 Å². The van der Waals surface area contributed by atoms with Crippen LogP contribution in [-0.2, 0) is 4.79 Å². The van der Waals surface area contributed by atoms with Crippen LogP contribution in [0.1, 0.15) is 27.0 Å². The maximum absolute atomic E-state index is 12.9. The summed E-state index contributed by atoms with van der Waals surface area (Å²) in [4.78, 5) is 29.4. The summed E-state index contributed by atoms with van der Waals surface area (Å²) in [5, 5.41) is 19.3. The van der Waals surface area contributed by atoms with Gasteiger partial charge in [0, 0.05) is 44.4 Å². The summed E-state index contributed by atoms with van der Waals surface area (Å²) in [7, 11) is 4.59. The minimum Gasteiger partial charge on any atom is -0.507 e. The van der Waals surface area contributed by atoms with Gasteiger partial charge >= 0.3 is 0 Å². The molecule has 1 aliphatic heterocycles. The first-order chi connectivity index (χ1) is 21.3. The number of aliphatic hydroxyl groups is 1. The molecule has 1 saturated heterocycles. The molecule has 232 valence electrons. The first-order valence-corrected chi connectivity index (χ1v) is 14.2. The van der Waals surface area contributed by atoms with E-state index in [-0.39, 0.29) is 30.4 Å². The lowest BCUT2D eigenvalue weighted by atomic mass is 10.0. The Labute approximate surface area is 257 Å². The first kappa shape index (κ1) is 32.1. The number of ether oxygens (including phenoxy) is 4. The van der Waals surface area contributed by atoms with E-state index in [2.05, 4.69) is 4.90 Å². The monoisotopic (exact) mass is 602 g/mol. The molecule has 0 radical (unpaired) electrons. The second kappa shape index (κ2) is 15.6. The third-order valence-corrected chi connectivity index (χ3v) is 7.31. The van der Waals surface area contributed by atoms with Crippen LogP contribution in [0.4, 0.5) is 0 Å². The van der Waals surface area contributed by atoms with E-state index in [1.807, 2.05) is 30.4 Å². The lowest BCUT2D eigenvalue weighted by Crippen LogP contribution is -2.50. The van der Waals surface area contributed by atoms with Crippen LogP contribution < -0.4 is 18.9 Å². The molecular weight excluding hydrogens is 564 g/mol. The molecule has 1 aliphatic rings. The van der Waals surface area contributed by atoms with Crippen LogP contribution in [0.15, 0.2) is 60.7 Å². The van der Waals surface area contributed by atoms with Crippen LogP contribution >= 0.6 is 0 Å². The number of rotatable bonds is 13. The molecule has 2 N–H and O–H groups in total. The predicted molar refractivity (Wildman–Crippen MR) is 169 cm³/mol. The zero-order valence-corrected chi connectivity index (χ0v) is 25.2. The van der Waals surface area contributed by atoms with Crippen molar-refractivity contribution in [2.45, 2.75) is 0 Å². The SMILES string of the molecule is COc1cc(/C=C/c2ccc(OCC(=O)N3CCN(CCO)CC3)cc2)c(/C=C/C(=O)c2cc(OC)ccc2O)c(OC)c1. The molecule has 0 aliphatic carbocycles. The van der Waals surface area contributed by atoms with Gasteiger partial charge in [-0.1, -0.05) is 24.3 Å². The van der Waals surface area contributed by atoms with Crippen LogP contribution in [0.2, 0.25) is 0 Å². The summed E-state index contributed by atoms with van der Waals surface area (Å²) in [5.41, 5.74) is 2.40. The molecule has 10 nitrogen and oxygen atoms in total. The smallest absolute Gasteiger partial charge is 0.260 e. The zero-order chi connectivity index (χ0) is 31.5. The van der Waals surface area contributed by atoms with Gasteiger partial charge in [-0.05, 0) is 59.7 Å². The van der Waals surface area contributed by atoms with E-state index in [0.29, 0.717) is 48.2 Å². The van der Waals surface area contributed by atoms with Gasteiger partial charge in [0.25, 0.3) is 5.91 Å². The van der Waals surface area contributed by atoms with E-state index in [4.69, 9.17) is 24.1 Å². The van der Waals surface area contributed by atoms with Gasteiger partial charge in [-0.25, -0.2) is 0 Å². The number of hydrogen-bond acceptors (Lipinski definition) is 9. The normalized spacial score (nSPS) is 13.8. The highest BCUT2D eigenvalue weighted by Crippen LogP contribution is 2.32. The van der Waals surface area contributed by atoms with Crippen LogP contribution in [0.5, 0.6) is 28.7 Å². The van der Waals surface area contributed by atoms with Gasteiger partial charge in [0.1, 0.15) is 28.7 Å². The summed E-state index contributed by atoms with van der Waals surface area (Å²) in [6, 6.07) is 15.4. The van der Waals surface area contributed by atoms with E-state index >= 15 is 0 Å². The van der Waals surface area contributed by atoms with Crippen molar-refractivity contribution in [2.75, 3.05) is 67.3 Å². The number of carbonyl (C=O) groups is 2. The van der Waals surface area contributed by atoms with Gasteiger partial charge in [0.15, 0.2) is 12.4 Å². The summed E-state index contributed by atoms with van der Waals surface area (Å²) in [6.07, 6.45) is 6.80. The summed E-state index contributed by atoms with van der Waals surface area (Å²) >= 11 is 0. The number of hydrogen-bond donors (Lipinski definition) is 2. The van der Waals surface area contributed by atoms with Gasteiger partial charge in [-0.15, -0.1) is 0 Å². The summed E-state index contributed by atoms with van der Waals surface area (Å²) in [5.74, 6) is 1.53. The fourth-order valence-corrected chi connectivity index (χ4v) is 4.77. The van der Waals surface area contributed by atoms with Gasteiger partial charge < -0.3 is 34.1 Å². The Balaban J connectivity index is 1.45. The number of piperazine rings is 1. The average molecular weight is 603 g/mol. The van der Waals surface area contributed by atoms with Crippen molar-refractivity contribution in [2.24, 2.45) is 0 Å². The van der Waals surface area contributed by atoms with Crippen LogP contribution in [0.3, 0.4) is 0 Å². The average Bonchev–Trinajstić information content (AvgIpc) is 3.06. The fourth-order valence-electron chi connectivity index (χ4n) is 4.77. The van der Waals surface area contributed by atoms with Crippen molar-refractivity contribution >= 4 is 29.9 Å². The molecule has 3 aromatic rings. The summed E-state index contributed by atoms with van der Waals surface area (Å²) < 4.78 is 22.0. The molecular formula is C34H38N2O8. The standard InChI is InChI=1S/C34H38N2O8/c1-41-27-10-12-31(38)30(21-27)32(39)13-11-29-25(20-28(42-2)22-33(29)43-3)7-4-24-5-8-26(9-6-24)44-23-34(40)36-16-14-35(15-17-36)18-19-37/h4-13,20-22,37-38H,14-19,23H2,1-3H3/b7-4+,13-11+. The summed E-state index contributed by atoms with van der Waals surface area (Å²) in [6.45, 7) is 3.43. The van der Waals surface area contributed by atoms with E-state index < -0.39 is 5.78 Å². The zero-order valence-electron chi connectivity index (χ0n) is 25.2. The van der Waals surface area contributed by atoms with Gasteiger partial charge in [-0.3, -0.25) is 14.5 Å². The Morgan fingerprint density at radius 2 is 1.52 bits per heavy atom. The molecule has 1 amide bonds. The molecule has 1 heterocycles. The number of carbonyl (C=O) groups excluding carboxylic acids is 2. The molecule has 44 heavy (non-hydrogen) atoms. The van der Waals surface area contributed by atoms with Crippen molar-refractivity contribution in [1.82, 2.24) is 9.80 Å². The fraction of sp³-hybridized carbons (Fsp3) is 0.294. The van der Waals surface area contributed by atoms with E-state index in [0.717, 1.165) is 24.2 Å². The Morgan fingerprint density at radius 1 is 0.818 bits per heavy atom. The van der Waals surface area contributed by atoms with E-state index in [1.165, 1.54) is 32.4 Å². The second-order valence-corrected chi connectivity index (χ2v) is 10.1. The molecule has 3 aromatic carbocycles. The highest BCUT2D eigenvalue weighted by atomic mass is 16.5. The Kier molecular flexibility index (Phi) is 11.4. The number of ketones is 1. The third kappa shape index (κ3) is 8.40. The topological polar surface area (TPSA) is 118 Å². The van der Waals surface area contributed by atoms with Gasteiger partial charge in [0.2, 0.25) is 0 Å². The number of aromatic hydroxyl groups is 1. The molecule has 0 atom stereocenters. The predicted octanol–water partition coefficient (Wildman–Crippen LogP) is 4.00. The third-order valence-electron chi connectivity index (χ3n) is 7.31. The minimum absolute atomic E-state index is 0.0409. The molecule has 0 bridgehead atoms. The molecule has 10 heteroatoms. The Morgan fingerprint density at radius 3 is 2.18 bits per heavy atom. The molecule has 0 unspecified atom stereocenters. The molecule has 0 saturated carbocycles. The van der Waals surface area contributed by atoms with Crippen LogP contribution in [0.25, 0.3) is 18.2 Å². The van der Waals surface area contributed by atoms with Gasteiger partial charge in [0.05, 0.1) is 33.5 Å². The van der Waals surface area contributed by atoms with Crippen LogP contribution in [-0.4, -0.2) is 99.0 Å². The Bertz CT molecular complexity index is 1490. The van der Waals surface area contributed by atoms with Crippen molar-refractivity contribution in [1.29, 1.82) is 0 Å². The highest BCUT2D eigenvalue weighted by molar-refractivity contribution is 6.09.